The first kappa shape index (κ1) is 30.0. The van der Waals surface area contributed by atoms with Crippen molar-refractivity contribution in [1.82, 2.24) is 0 Å². The summed E-state index contributed by atoms with van der Waals surface area (Å²) in [7, 11) is 2.12. The lowest BCUT2D eigenvalue weighted by Crippen LogP contribution is -2.10. The molecule has 2 heteroatoms. The summed E-state index contributed by atoms with van der Waals surface area (Å²) in [5, 5.41) is 2.46. The van der Waals surface area contributed by atoms with Gasteiger partial charge in [-0.25, -0.2) is 0 Å². The summed E-state index contributed by atoms with van der Waals surface area (Å²) in [6.45, 7) is 0. The molecule has 0 aliphatic rings. The van der Waals surface area contributed by atoms with Gasteiger partial charge >= 0.3 is 0 Å². The van der Waals surface area contributed by atoms with E-state index in [1.54, 1.807) is 0 Å². The van der Waals surface area contributed by atoms with Crippen LogP contribution < -0.4 is 9.80 Å². The molecular weight excluding hydrogens is 593 g/mol. The Balaban J connectivity index is 1.06. The highest BCUT2D eigenvalue weighted by atomic mass is 15.1. The molecule has 0 bridgehead atoms. The van der Waals surface area contributed by atoms with Crippen LogP contribution in [0.3, 0.4) is 0 Å². The second kappa shape index (κ2) is 13.4. The first-order valence-electron chi connectivity index (χ1n) is 16.7. The molecule has 0 spiro atoms. The Morgan fingerprint density at radius 3 is 1.02 bits per heavy atom. The molecule has 0 atom stereocenters. The van der Waals surface area contributed by atoms with E-state index < -0.39 is 0 Å². The fraction of sp³-hybridized carbons (Fsp3) is 0.0213. The quantitative estimate of drug-likeness (QED) is 0.165. The number of benzene rings is 8. The van der Waals surface area contributed by atoms with Crippen molar-refractivity contribution >= 4 is 39.2 Å². The van der Waals surface area contributed by atoms with Crippen LogP contribution in [0.4, 0.5) is 28.4 Å². The first-order chi connectivity index (χ1) is 24.2. The predicted octanol–water partition coefficient (Wildman–Crippen LogP) is 13.1. The minimum absolute atomic E-state index is 1.11. The van der Waals surface area contributed by atoms with Crippen LogP contribution in [0, 0.1) is 0 Å². The van der Waals surface area contributed by atoms with Crippen molar-refractivity contribution in [1.29, 1.82) is 0 Å². The van der Waals surface area contributed by atoms with Crippen LogP contribution in [0.1, 0.15) is 0 Å². The predicted molar refractivity (Wildman–Crippen MR) is 209 cm³/mol. The minimum atomic E-state index is 1.11. The van der Waals surface area contributed by atoms with Crippen LogP contribution in [0.2, 0.25) is 0 Å². The Labute approximate surface area is 288 Å². The normalized spacial score (nSPS) is 11.0. The highest BCUT2D eigenvalue weighted by molar-refractivity contribution is 5.89. The average molecular weight is 629 g/mol. The monoisotopic (exact) mass is 628 g/mol. The Morgan fingerprint density at radius 2 is 0.592 bits per heavy atom. The molecule has 2 nitrogen and oxygen atoms in total. The van der Waals surface area contributed by atoms with Crippen molar-refractivity contribution in [2.45, 2.75) is 0 Å². The van der Waals surface area contributed by atoms with E-state index in [1.165, 1.54) is 44.2 Å². The van der Waals surface area contributed by atoms with E-state index in [1.807, 2.05) is 0 Å². The van der Waals surface area contributed by atoms with Crippen molar-refractivity contribution < 1.29 is 0 Å². The van der Waals surface area contributed by atoms with Crippen molar-refractivity contribution in [2.75, 3.05) is 16.8 Å². The van der Waals surface area contributed by atoms with Crippen LogP contribution >= 0.6 is 0 Å². The lowest BCUT2D eigenvalue weighted by Gasteiger charge is -2.26. The zero-order valence-corrected chi connectivity index (χ0v) is 27.4. The number of hydrogen-bond donors (Lipinski definition) is 0. The van der Waals surface area contributed by atoms with Crippen molar-refractivity contribution in [3.63, 3.8) is 0 Å². The zero-order chi connectivity index (χ0) is 33.0. The molecule has 0 aliphatic heterocycles. The summed E-state index contributed by atoms with van der Waals surface area (Å²) >= 11 is 0. The second-order valence-corrected chi connectivity index (χ2v) is 12.3. The highest BCUT2D eigenvalue weighted by Gasteiger charge is 2.14. The van der Waals surface area contributed by atoms with Gasteiger partial charge in [-0.15, -0.1) is 0 Å². The van der Waals surface area contributed by atoms with Gasteiger partial charge in [-0.3, -0.25) is 0 Å². The lowest BCUT2D eigenvalue weighted by atomic mass is 10.0. The van der Waals surface area contributed by atoms with Crippen LogP contribution in [0.5, 0.6) is 0 Å². The highest BCUT2D eigenvalue weighted by Crippen LogP contribution is 2.38. The molecule has 0 fully saturated rings. The van der Waals surface area contributed by atoms with E-state index in [0.717, 1.165) is 28.4 Å². The summed E-state index contributed by atoms with van der Waals surface area (Å²) < 4.78 is 0. The minimum Gasteiger partial charge on any atom is -0.345 e. The van der Waals surface area contributed by atoms with Crippen LogP contribution in [-0.2, 0) is 0 Å². The number of anilines is 5. The number of fused-ring (bicyclic) bond motifs is 1. The molecule has 0 saturated carbocycles. The van der Waals surface area contributed by atoms with E-state index in [4.69, 9.17) is 0 Å². The number of hydrogen-bond acceptors (Lipinski definition) is 2. The van der Waals surface area contributed by atoms with E-state index in [9.17, 15) is 0 Å². The number of rotatable bonds is 8. The molecule has 0 radical (unpaired) electrons. The van der Waals surface area contributed by atoms with Gasteiger partial charge in [0.15, 0.2) is 0 Å². The molecule has 8 aromatic carbocycles. The summed E-state index contributed by atoms with van der Waals surface area (Å²) in [5.41, 5.74) is 12.9. The first-order valence-corrected chi connectivity index (χ1v) is 16.7. The van der Waals surface area contributed by atoms with Crippen LogP contribution in [0.15, 0.2) is 200 Å². The fourth-order valence-corrected chi connectivity index (χ4v) is 6.53. The Bertz CT molecular complexity index is 2290. The van der Waals surface area contributed by atoms with Crippen molar-refractivity contribution in [3.8, 4) is 33.4 Å². The van der Waals surface area contributed by atoms with E-state index >= 15 is 0 Å². The van der Waals surface area contributed by atoms with Crippen LogP contribution in [0.25, 0.3) is 44.2 Å². The van der Waals surface area contributed by atoms with Gasteiger partial charge in [0, 0.05) is 35.5 Å². The molecule has 8 rings (SSSR count). The van der Waals surface area contributed by atoms with Gasteiger partial charge in [-0.2, -0.15) is 0 Å². The van der Waals surface area contributed by atoms with Gasteiger partial charge in [0.05, 0.1) is 0 Å². The largest absolute Gasteiger partial charge is 0.345 e. The van der Waals surface area contributed by atoms with E-state index in [2.05, 4.69) is 217 Å². The van der Waals surface area contributed by atoms with Gasteiger partial charge in [0.2, 0.25) is 0 Å². The second-order valence-electron chi connectivity index (χ2n) is 12.3. The molecule has 0 amide bonds. The molecule has 0 heterocycles. The third kappa shape index (κ3) is 6.33. The lowest BCUT2D eigenvalue weighted by molar-refractivity contribution is 1.21. The van der Waals surface area contributed by atoms with Crippen LogP contribution in [-0.4, -0.2) is 7.05 Å². The zero-order valence-electron chi connectivity index (χ0n) is 27.4. The molecule has 0 unspecified atom stereocenters. The SMILES string of the molecule is CN(c1ccc(-c2ccccc2)cc1)c1ccc(-c2ccc(N(c3ccc(-c4ccccc4)cc3)c3ccc4ccccc4c3)cc2)cc1. The van der Waals surface area contributed by atoms with Gasteiger partial charge in [0.25, 0.3) is 0 Å². The maximum Gasteiger partial charge on any atom is 0.0468 e. The molecular formula is C47H36N2. The van der Waals surface area contributed by atoms with Crippen molar-refractivity contribution in [3.05, 3.63) is 200 Å². The summed E-state index contributed by atoms with van der Waals surface area (Å²) in [6.07, 6.45) is 0. The molecule has 0 saturated heterocycles. The maximum absolute atomic E-state index is 2.34. The van der Waals surface area contributed by atoms with Gasteiger partial charge in [0.1, 0.15) is 0 Å². The summed E-state index contributed by atoms with van der Waals surface area (Å²) in [6, 6.07) is 71.6. The Hall–Kier alpha value is -6.38. The van der Waals surface area contributed by atoms with Crippen molar-refractivity contribution in [2.24, 2.45) is 0 Å². The van der Waals surface area contributed by atoms with E-state index in [0.29, 0.717) is 0 Å². The van der Waals surface area contributed by atoms with E-state index in [-0.39, 0.29) is 0 Å². The summed E-state index contributed by atoms with van der Waals surface area (Å²) in [4.78, 5) is 4.57. The molecule has 234 valence electrons. The Kier molecular flexibility index (Phi) is 8.19. The third-order valence-electron chi connectivity index (χ3n) is 9.30. The average Bonchev–Trinajstić information content (AvgIpc) is 3.19. The molecule has 8 aromatic rings. The molecule has 49 heavy (non-hydrogen) atoms. The third-order valence-corrected chi connectivity index (χ3v) is 9.30. The number of nitrogens with zero attached hydrogens (tertiary/aromatic N) is 2. The van der Waals surface area contributed by atoms with Gasteiger partial charge in [-0.1, -0.05) is 140 Å². The standard InChI is InChI=1S/C47H36N2/c1-48(43-25-16-38(17-26-43)35-10-4-2-5-11-35)44-27-18-40(19-28-44)41-22-31-46(32-23-41)49(47-33-24-37-14-8-9-15-42(37)34-47)45-29-20-39(21-30-45)36-12-6-3-7-13-36/h2-34H,1H3. The smallest absolute Gasteiger partial charge is 0.0468 e. The topological polar surface area (TPSA) is 6.48 Å². The Morgan fingerprint density at radius 1 is 0.265 bits per heavy atom. The molecule has 0 N–H and O–H groups in total. The molecule has 0 aliphatic carbocycles. The summed E-state index contributed by atoms with van der Waals surface area (Å²) in [5.74, 6) is 0. The fourth-order valence-electron chi connectivity index (χ4n) is 6.53. The maximum atomic E-state index is 2.34. The van der Waals surface area contributed by atoms with Gasteiger partial charge in [-0.05, 0) is 105 Å². The molecule has 0 aromatic heterocycles. The van der Waals surface area contributed by atoms with Gasteiger partial charge < -0.3 is 9.80 Å².